The van der Waals surface area contributed by atoms with Crippen LogP contribution in [-0.2, 0) is 19.1 Å². The van der Waals surface area contributed by atoms with E-state index in [1.165, 1.54) is 7.11 Å². The minimum atomic E-state index is -0.751. The van der Waals surface area contributed by atoms with Gasteiger partial charge in [-0.2, -0.15) is 0 Å². The summed E-state index contributed by atoms with van der Waals surface area (Å²) in [5.74, 6) is -1.25. The highest BCUT2D eigenvalue weighted by Gasteiger charge is 2.44. The van der Waals surface area contributed by atoms with Crippen LogP contribution in [0.2, 0.25) is 0 Å². The molecular weight excluding hydrogens is 338 g/mol. The smallest absolute Gasteiger partial charge is 0.336 e. The molecule has 0 saturated carbocycles. The summed E-state index contributed by atoms with van der Waals surface area (Å²) in [5.41, 5.74) is 2.09. The lowest BCUT2D eigenvalue weighted by Gasteiger charge is -2.31. The summed E-state index contributed by atoms with van der Waals surface area (Å²) in [6, 6.07) is 5.40. The molecule has 0 amide bonds. The monoisotopic (exact) mass is 359 g/mol. The Morgan fingerprint density at radius 1 is 1.27 bits per heavy atom. The van der Waals surface area contributed by atoms with Gasteiger partial charge in [0.2, 0.25) is 6.79 Å². The van der Waals surface area contributed by atoms with Gasteiger partial charge >= 0.3 is 11.9 Å². The third-order valence-corrected chi connectivity index (χ3v) is 4.54. The normalized spacial score (nSPS) is 21.3. The lowest BCUT2D eigenvalue weighted by Crippen LogP contribution is -2.36. The predicted octanol–water partition coefficient (Wildman–Crippen LogP) is 2.60. The number of carbonyl (C=O) groups is 2. The summed E-state index contributed by atoms with van der Waals surface area (Å²) < 4.78 is 21.3. The fraction of sp³-hybridized carbons (Fsp3) is 0.421. The van der Waals surface area contributed by atoms with Crippen molar-refractivity contribution in [3.63, 3.8) is 0 Å². The molecular formula is C19H21NO6. The van der Waals surface area contributed by atoms with E-state index in [4.69, 9.17) is 18.9 Å². The summed E-state index contributed by atoms with van der Waals surface area (Å²) in [7, 11) is 1.32. The van der Waals surface area contributed by atoms with Crippen LogP contribution < -0.4 is 9.47 Å². The maximum atomic E-state index is 12.7. The molecule has 7 nitrogen and oxygen atoms in total. The van der Waals surface area contributed by atoms with Crippen LogP contribution in [0.25, 0.3) is 0 Å². The van der Waals surface area contributed by atoms with Crippen LogP contribution >= 0.6 is 0 Å². The average molecular weight is 359 g/mol. The number of para-hydroxylation sites is 1. The van der Waals surface area contributed by atoms with Gasteiger partial charge in [0, 0.05) is 22.9 Å². The highest BCUT2D eigenvalue weighted by Crippen LogP contribution is 2.47. The molecule has 0 spiro atoms. The molecule has 0 radical (unpaired) electrons. The van der Waals surface area contributed by atoms with Crippen LogP contribution in [0.5, 0.6) is 11.5 Å². The summed E-state index contributed by atoms with van der Waals surface area (Å²) in [6.07, 6.45) is 0. The van der Waals surface area contributed by atoms with E-state index in [9.17, 15) is 9.59 Å². The first-order valence-electron chi connectivity index (χ1n) is 8.39. The second-order valence-corrected chi connectivity index (χ2v) is 6.03. The van der Waals surface area contributed by atoms with Crippen molar-refractivity contribution in [2.45, 2.75) is 26.7 Å². The number of hydrogen-bond donors (Lipinski definition) is 0. The van der Waals surface area contributed by atoms with Crippen LogP contribution in [0.15, 0.2) is 34.5 Å². The number of hydrogen-bond acceptors (Lipinski definition) is 7. The first-order valence-corrected chi connectivity index (χ1v) is 8.39. The maximum absolute atomic E-state index is 12.7. The van der Waals surface area contributed by atoms with Gasteiger partial charge in [0.05, 0.1) is 19.3 Å². The van der Waals surface area contributed by atoms with Crippen LogP contribution in [0.1, 0.15) is 32.3 Å². The van der Waals surface area contributed by atoms with Crippen LogP contribution in [-0.4, -0.2) is 38.2 Å². The Morgan fingerprint density at radius 2 is 2.04 bits per heavy atom. The molecule has 2 atom stereocenters. The van der Waals surface area contributed by atoms with Gasteiger partial charge in [0.25, 0.3) is 0 Å². The van der Waals surface area contributed by atoms with Gasteiger partial charge in [-0.1, -0.05) is 12.1 Å². The predicted molar refractivity (Wildman–Crippen MR) is 93.3 cm³/mol. The maximum Gasteiger partial charge on any atom is 0.336 e. The van der Waals surface area contributed by atoms with Gasteiger partial charge in [-0.15, -0.1) is 0 Å². The Morgan fingerprint density at radius 3 is 2.73 bits per heavy atom. The molecule has 0 N–H and O–H groups in total. The largest absolute Gasteiger partial charge is 0.468 e. The van der Waals surface area contributed by atoms with Gasteiger partial charge in [-0.25, -0.2) is 4.79 Å². The van der Waals surface area contributed by atoms with Crippen molar-refractivity contribution in [1.82, 2.24) is 0 Å². The van der Waals surface area contributed by atoms with E-state index < -0.39 is 23.8 Å². The van der Waals surface area contributed by atoms with Crippen molar-refractivity contribution < 1.29 is 28.5 Å². The highest BCUT2D eigenvalue weighted by atomic mass is 16.7. The first kappa shape index (κ1) is 18.0. The number of allylic oxidation sites excluding steroid dienone is 1. The molecule has 1 aromatic carbocycles. The topological polar surface area (TPSA) is 83.4 Å². The fourth-order valence-electron chi connectivity index (χ4n) is 3.48. The van der Waals surface area contributed by atoms with E-state index >= 15 is 0 Å². The molecule has 0 fully saturated rings. The van der Waals surface area contributed by atoms with Crippen molar-refractivity contribution in [3.8, 4) is 11.5 Å². The number of benzene rings is 1. The molecule has 2 heterocycles. The molecule has 7 heteroatoms. The molecule has 2 aliphatic rings. The third kappa shape index (κ3) is 2.94. The Kier molecular flexibility index (Phi) is 4.97. The summed E-state index contributed by atoms with van der Waals surface area (Å²) in [5, 5.41) is 0. The lowest BCUT2D eigenvalue weighted by molar-refractivity contribution is -0.144. The fourth-order valence-corrected chi connectivity index (χ4v) is 3.48. The first-order chi connectivity index (χ1) is 12.5. The second-order valence-electron chi connectivity index (χ2n) is 6.03. The quantitative estimate of drug-likeness (QED) is 0.769. The van der Waals surface area contributed by atoms with Crippen LogP contribution in [0.4, 0.5) is 0 Å². The van der Waals surface area contributed by atoms with E-state index in [-0.39, 0.29) is 13.4 Å². The van der Waals surface area contributed by atoms with Crippen LogP contribution in [0.3, 0.4) is 0 Å². The van der Waals surface area contributed by atoms with Gasteiger partial charge in [0.1, 0.15) is 5.92 Å². The number of ether oxygens (including phenoxy) is 4. The van der Waals surface area contributed by atoms with Crippen molar-refractivity contribution >= 4 is 17.7 Å². The molecule has 1 aromatic rings. The van der Waals surface area contributed by atoms with Crippen molar-refractivity contribution in [1.29, 1.82) is 0 Å². The minimum Gasteiger partial charge on any atom is -0.468 e. The van der Waals surface area contributed by atoms with Crippen molar-refractivity contribution in [3.05, 3.63) is 35.0 Å². The SMILES string of the molecule is CCOC(=O)C1=C(C)N=C(C)C(C(=O)OC)C1c1cccc2c1OCO2. The third-order valence-electron chi connectivity index (χ3n) is 4.54. The number of carbonyl (C=O) groups excluding carboxylic acids is 2. The second kappa shape index (κ2) is 7.19. The highest BCUT2D eigenvalue weighted by molar-refractivity contribution is 6.07. The Hall–Kier alpha value is -2.83. The molecule has 2 unspecified atom stereocenters. The number of rotatable bonds is 4. The molecule has 3 rings (SSSR count). The molecule has 0 aromatic heterocycles. The Balaban J connectivity index is 2.21. The molecule has 138 valence electrons. The minimum absolute atomic E-state index is 0.0897. The average Bonchev–Trinajstić information content (AvgIpc) is 3.09. The van der Waals surface area contributed by atoms with Crippen LogP contribution in [0, 0.1) is 5.92 Å². The van der Waals surface area contributed by atoms with Gasteiger partial charge in [-0.3, -0.25) is 9.79 Å². The zero-order chi connectivity index (χ0) is 18.8. The number of fused-ring (bicyclic) bond motifs is 1. The van der Waals surface area contributed by atoms with Crippen molar-refractivity contribution in [2.75, 3.05) is 20.5 Å². The number of nitrogens with zero attached hydrogens (tertiary/aromatic N) is 1. The molecule has 0 aliphatic carbocycles. The van der Waals surface area contributed by atoms with Gasteiger partial charge in [0.15, 0.2) is 11.5 Å². The molecule has 26 heavy (non-hydrogen) atoms. The summed E-state index contributed by atoms with van der Waals surface area (Å²) in [4.78, 5) is 29.6. The summed E-state index contributed by atoms with van der Waals surface area (Å²) >= 11 is 0. The molecule has 0 saturated heterocycles. The standard InChI is InChI=1S/C19H21NO6/c1-5-24-19(22)15-11(3)20-10(2)14(18(21)23-4)16(15)12-7-6-8-13-17(12)26-9-25-13/h6-8,14,16H,5,9H2,1-4H3. The Bertz CT molecular complexity index is 810. The number of aliphatic imine (C=N–C) groups is 1. The van der Waals surface area contributed by atoms with E-state index in [1.54, 1.807) is 32.9 Å². The van der Waals surface area contributed by atoms with E-state index in [0.717, 1.165) is 0 Å². The zero-order valence-corrected chi connectivity index (χ0v) is 15.2. The zero-order valence-electron chi connectivity index (χ0n) is 15.2. The van der Waals surface area contributed by atoms with Crippen molar-refractivity contribution in [2.24, 2.45) is 10.9 Å². The summed E-state index contributed by atoms with van der Waals surface area (Å²) in [6.45, 7) is 5.53. The van der Waals surface area contributed by atoms with E-state index in [1.807, 2.05) is 6.07 Å². The number of methoxy groups -OCH3 is 1. The van der Waals surface area contributed by atoms with E-state index in [2.05, 4.69) is 4.99 Å². The van der Waals surface area contributed by atoms with E-state index in [0.29, 0.717) is 34.0 Å². The number of esters is 2. The van der Waals surface area contributed by atoms with Gasteiger partial charge < -0.3 is 18.9 Å². The van der Waals surface area contributed by atoms with Gasteiger partial charge in [-0.05, 0) is 26.8 Å². The molecule has 2 aliphatic heterocycles. The molecule has 0 bridgehead atoms. The lowest BCUT2D eigenvalue weighted by atomic mass is 9.75. The Labute approximate surface area is 151 Å².